The molecule has 2 aromatic carbocycles. The van der Waals surface area contributed by atoms with E-state index in [1.807, 2.05) is 24.3 Å². The highest BCUT2D eigenvalue weighted by atomic mass is 16.5. The number of nitrogens with one attached hydrogen (secondary N) is 2. The maximum atomic E-state index is 12.6. The molecule has 1 aliphatic heterocycles. The maximum Gasteiger partial charge on any atom is 0.229 e. The summed E-state index contributed by atoms with van der Waals surface area (Å²) in [5.74, 6) is 0.0337. The normalized spacial score (nSPS) is 15.9. The van der Waals surface area contributed by atoms with Crippen molar-refractivity contribution < 1.29 is 19.1 Å². The molecule has 3 rings (SSSR count). The number of nitrogens with zero attached hydrogens (tertiary/aromatic N) is 1. The molecule has 1 unspecified atom stereocenters. The number of likely N-dealkylation sites (tertiary alicyclic amines) is 1. The van der Waals surface area contributed by atoms with Gasteiger partial charge in [-0.2, -0.15) is 0 Å². The van der Waals surface area contributed by atoms with E-state index in [0.717, 1.165) is 17.7 Å². The van der Waals surface area contributed by atoms with E-state index < -0.39 is 0 Å². The monoisotopic (exact) mass is 395 g/mol. The van der Waals surface area contributed by atoms with Crippen molar-refractivity contribution in [1.29, 1.82) is 0 Å². The maximum absolute atomic E-state index is 12.6. The van der Waals surface area contributed by atoms with Gasteiger partial charge in [0.05, 0.1) is 13.0 Å². The van der Waals surface area contributed by atoms with Gasteiger partial charge in [0, 0.05) is 37.8 Å². The lowest BCUT2D eigenvalue weighted by atomic mass is 10.1. The molecule has 2 aromatic rings. The fourth-order valence-corrected chi connectivity index (χ4v) is 3.34. The van der Waals surface area contributed by atoms with E-state index in [2.05, 4.69) is 10.6 Å². The fourth-order valence-electron chi connectivity index (χ4n) is 3.34. The molecule has 1 aliphatic rings. The molecule has 0 bridgehead atoms. The molecule has 152 valence electrons. The van der Waals surface area contributed by atoms with Crippen LogP contribution in [0.4, 0.5) is 11.4 Å². The van der Waals surface area contributed by atoms with Crippen LogP contribution in [-0.4, -0.2) is 42.8 Å². The topological polar surface area (TPSA) is 87.7 Å². The number of ether oxygens (including phenoxy) is 1. The standard InChI is InChI=1S/C22H25N3O4/c1-15(26)23-18-4-3-5-19(13-18)24-22(28)17-12-21(27)25(14-17)11-10-16-6-8-20(29-2)9-7-16/h3-9,13,17H,10-12,14H2,1-2H3,(H,23,26)(H,24,28). The summed E-state index contributed by atoms with van der Waals surface area (Å²) in [4.78, 5) is 37.8. The molecule has 1 heterocycles. The van der Waals surface area contributed by atoms with Gasteiger partial charge in [-0.1, -0.05) is 18.2 Å². The van der Waals surface area contributed by atoms with Crippen LogP contribution >= 0.6 is 0 Å². The SMILES string of the molecule is COc1ccc(CCN2CC(C(=O)Nc3cccc(NC(C)=O)c3)CC2=O)cc1. The van der Waals surface area contributed by atoms with Crippen LogP contribution in [0.3, 0.4) is 0 Å². The number of methoxy groups -OCH3 is 1. The van der Waals surface area contributed by atoms with Gasteiger partial charge in [0.2, 0.25) is 17.7 Å². The molecule has 29 heavy (non-hydrogen) atoms. The Labute approximate surface area is 170 Å². The number of carbonyl (C=O) groups excluding carboxylic acids is 3. The second-order valence-electron chi connectivity index (χ2n) is 7.09. The molecule has 1 saturated heterocycles. The largest absolute Gasteiger partial charge is 0.497 e. The van der Waals surface area contributed by atoms with Crippen LogP contribution in [-0.2, 0) is 20.8 Å². The van der Waals surface area contributed by atoms with Gasteiger partial charge in [0.25, 0.3) is 0 Å². The van der Waals surface area contributed by atoms with Crippen LogP contribution in [0.25, 0.3) is 0 Å². The number of anilines is 2. The highest BCUT2D eigenvalue weighted by Gasteiger charge is 2.34. The minimum Gasteiger partial charge on any atom is -0.497 e. The second-order valence-corrected chi connectivity index (χ2v) is 7.09. The van der Waals surface area contributed by atoms with E-state index in [1.54, 1.807) is 36.3 Å². The molecular weight excluding hydrogens is 370 g/mol. The van der Waals surface area contributed by atoms with Crippen LogP contribution < -0.4 is 15.4 Å². The Bertz CT molecular complexity index is 895. The average molecular weight is 395 g/mol. The van der Waals surface area contributed by atoms with E-state index in [0.29, 0.717) is 24.5 Å². The number of hydrogen-bond acceptors (Lipinski definition) is 4. The molecule has 0 saturated carbocycles. The first-order valence-electron chi connectivity index (χ1n) is 9.54. The Hall–Kier alpha value is -3.35. The molecular formula is C22H25N3O4. The smallest absolute Gasteiger partial charge is 0.229 e. The van der Waals surface area contributed by atoms with Crippen molar-refractivity contribution >= 4 is 29.1 Å². The molecule has 7 nitrogen and oxygen atoms in total. The molecule has 0 spiro atoms. The van der Waals surface area contributed by atoms with Crippen LogP contribution in [0.15, 0.2) is 48.5 Å². The van der Waals surface area contributed by atoms with Gasteiger partial charge in [-0.25, -0.2) is 0 Å². The summed E-state index contributed by atoms with van der Waals surface area (Å²) in [5, 5.41) is 5.52. The van der Waals surface area contributed by atoms with Crippen LogP contribution in [0.1, 0.15) is 18.9 Å². The van der Waals surface area contributed by atoms with E-state index >= 15 is 0 Å². The number of rotatable bonds is 7. The van der Waals surface area contributed by atoms with Crippen molar-refractivity contribution in [2.45, 2.75) is 19.8 Å². The Kier molecular flexibility index (Phi) is 6.49. The number of hydrogen-bond donors (Lipinski definition) is 2. The highest BCUT2D eigenvalue weighted by molar-refractivity contribution is 5.98. The minimum absolute atomic E-state index is 0.00865. The van der Waals surface area contributed by atoms with Gasteiger partial charge in [-0.3, -0.25) is 14.4 Å². The summed E-state index contributed by atoms with van der Waals surface area (Å²) in [6.07, 6.45) is 0.933. The zero-order valence-electron chi connectivity index (χ0n) is 16.6. The van der Waals surface area contributed by atoms with Crippen molar-refractivity contribution in [2.75, 3.05) is 30.8 Å². The lowest BCUT2D eigenvalue weighted by molar-refractivity contribution is -0.128. The average Bonchev–Trinajstić information content (AvgIpc) is 3.07. The Morgan fingerprint density at radius 2 is 1.79 bits per heavy atom. The first-order chi connectivity index (χ1) is 13.9. The molecule has 0 aromatic heterocycles. The van der Waals surface area contributed by atoms with Crippen molar-refractivity contribution in [3.63, 3.8) is 0 Å². The summed E-state index contributed by atoms with van der Waals surface area (Å²) in [7, 11) is 1.62. The highest BCUT2D eigenvalue weighted by Crippen LogP contribution is 2.22. The molecule has 2 N–H and O–H groups in total. The van der Waals surface area contributed by atoms with Gasteiger partial charge < -0.3 is 20.3 Å². The molecule has 7 heteroatoms. The van der Waals surface area contributed by atoms with E-state index in [-0.39, 0.29) is 30.1 Å². The van der Waals surface area contributed by atoms with E-state index in [4.69, 9.17) is 4.74 Å². The summed E-state index contributed by atoms with van der Waals surface area (Å²) in [6, 6.07) is 14.7. The first-order valence-corrected chi connectivity index (χ1v) is 9.54. The van der Waals surface area contributed by atoms with Gasteiger partial charge in [0.1, 0.15) is 5.75 Å². The Morgan fingerprint density at radius 1 is 1.10 bits per heavy atom. The molecule has 3 amide bonds. The zero-order valence-corrected chi connectivity index (χ0v) is 16.6. The molecule has 0 aliphatic carbocycles. The third-order valence-electron chi connectivity index (χ3n) is 4.87. The molecule has 1 atom stereocenters. The van der Waals surface area contributed by atoms with Crippen LogP contribution in [0.5, 0.6) is 5.75 Å². The van der Waals surface area contributed by atoms with Gasteiger partial charge in [0.15, 0.2) is 0 Å². The Morgan fingerprint density at radius 3 is 2.45 bits per heavy atom. The van der Waals surface area contributed by atoms with Gasteiger partial charge in [-0.15, -0.1) is 0 Å². The molecule has 0 radical (unpaired) electrons. The minimum atomic E-state index is -0.386. The van der Waals surface area contributed by atoms with Gasteiger partial charge in [-0.05, 0) is 42.3 Å². The second kappa shape index (κ2) is 9.23. The third-order valence-corrected chi connectivity index (χ3v) is 4.87. The van der Waals surface area contributed by atoms with E-state index in [9.17, 15) is 14.4 Å². The number of benzene rings is 2. The van der Waals surface area contributed by atoms with Crippen molar-refractivity contribution in [2.24, 2.45) is 5.92 Å². The lowest BCUT2D eigenvalue weighted by Crippen LogP contribution is -2.30. The van der Waals surface area contributed by atoms with Crippen LogP contribution in [0, 0.1) is 5.92 Å². The first kappa shape index (κ1) is 20.4. The summed E-state index contributed by atoms with van der Waals surface area (Å²) in [5.41, 5.74) is 2.31. The van der Waals surface area contributed by atoms with E-state index in [1.165, 1.54) is 6.92 Å². The summed E-state index contributed by atoms with van der Waals surface area (Å²) >= 11 is 0. The summed E-state index contributed by atoms with van der Waals surface area (Å²) in [6.45, 7) is 2.41. The Balaban J connectivity index is 1.53. The van der Waals surface area contributed by atoms with Crippen LogP contribution in [0.2, 0.25) is 0 Å². The van der Waals surface area contributed by atoms with Gasteiger partial charge >= 0.3 is 0 Å². The number of amides is 3. The predicted molar refractivity (Wildman–Crippen MR) is 111 cm³/mol. The predicted octanol–water partition coefficient (Wildman–Crippen LogP) is 2.68. The fraction of sp³-hybridized carbons (Fsp3) is 0.318. The van der Waals surface area contributed by atoms with Crippen molar-refractivity contribution in [3.05, 3.63) is 54.1 Å². The summed E-state index contributed by atoms with van der Waals surface area (Å²) < 4.78 is 5.15. The van der Waals surface area contributed by atoms with Crippen molar-refractivity contribution in [1.82, 2.24) is 4.90 Å². The third kappa shape index (κ3) is 5.57. The van der Waals surface area contributed by atoms with Crippen molar-refractivity contribution in [3.8, 4) is 5.75 Å². The number of carbonyl (C=O) groups is 3. The zero-order chi connectivity index (χ0) is 20.8. The quantitative estimate of drug-likeness (QED) is 0.755. The molecule has 1 fully saturated rings. The lowest BCUT2D eigenvalue weighted by Gasteiger charge is -2.17.